The molecule has 0 atom stereocenters. The lowest BCUT2D eigenvalue weighted by molar-refractivity contribution is 0.234. The molecule has 1 aromatic heterocycles. The second-order valence-electron chi connectivity index (χ2n) is 5.21. The maximum absolute atomic E-state index is 12.9. The van der Waals surface area contributed by atoms with Gasteiger partial charge in [0.05, 0.1) is 5.69 Å². The van der Waals surface area contributed by atoms with Gasteiger partial charge in [-0.3, -0.25) is 5.10 Å². The van der Waals surface area contributed by atoms with Crippen molar-refractivity contribution in [1.82, 2.24) is 10.2 Å². The number of nitrogens with zero attached hydrogens (tertiary/aromatic N) is 1. The molecule has 86 valence electrons. The Labute approximate surface area is 98.9 Å². The third-order valence-corrected chi connectivity index (χ3v) is 4.15. The van der Waals surface area contributed by atoms with Crippen molar-refractivity contribution in [1.29, 1.82) is 0 Å². The Morgan fingerprint density at radius 3 is 2.71 bits per heavy atom. The molecule has 0 unspecified atom stereocenters. The van der Waals surface area contributed by atoms with E-state index in [-0.39, 0.29) is 5.82 Å². The molecule has 5 rings (SSSR count). The summed E-state index contributed by atoms with van der Waals surface area (Å²) < 4.78 is 12.9. The maximum Gasteiger partial charge on any atom is 0.123 e. The van der Waals surface area contributed by atoms with E-state index in [0.717, 1.165) is 23.6 Å². The summed E-state index contributed by atoms with van der Waals surface area (Å²) in [5.41, 5.74) is 4.73. The number of H-pyrrole nitrogens is 1. The molecule has 3 heteroatoms. The lowest BCUT2D eigenvalue weighted by Gasteiger charge is -2.40. The minimum Gasteiger partial charge on any atom is -0.281 e. The van der Waals surface area contributed by atoms with Crippen LogP contribution >= 0.6 is 0 Å². The molecule has 1 saturated carbocycles. The molecule has 2 nitrogen and oxygen atoms in total. The lowest BCUT2D eigenvalue weighted by Crippen LogP contribution is -2.30. The van der Waals surface area contributed by atoms with Gasteiger partial charge in [-0.05, 0) is 49.4 Å². The number of nitrogens with one attached hydrogen (secondary N) is 1. The van der Waals surface area contributed by atoms with Crippen LogP contribution < -0.4 is 0 Å². The second kappa shape index (κ2) is 3.19. The minimum absolute atomic E-state index is 0.194. The molecule has 1 fully saturated rings. The SMILES string of the molecule is Fc1ccc(-c2n[nH]c3c2CC2CC3C2)cc1. The molecule has 0 radical (unpaired) electrons. The largest absolute Gasteiger partial charge is 0.281 e. The first-order valence-electron chi connectivity index (χ1n) is 6.14. The fraction of sp³-hybridized carbons (Fsp3) is 0.357. The summed E-state index contributed by atoms with van der Waals surface area (Å²) in [7, 11) is 0. The van der Waals surface area contributed by atoms with Crippen molar-refractivity contribution < 1.29 is 4.39 Å². The number of aromatic amines is 1. The van der Waals surface area contributed by atoms with E-state index in [9.17, 15) is 4.39 Å². The number of benzene rings is 1. The number of hydrogen-bond acceptors (Lipinski definition) is 1. The van der Waals surface area contributed by atoms with Gasteiger partial charge in [0, 0.05) is 22.7 Å². The molecule has 17 heavy (non-hydrogen) atoms. The predicted octanol–water partition coefficient (Wildman–Crippen LogP) is 3.27. The van der Waals surface area contributed by atoms with Gasteiger partial charge >= 0.3 is 0 Å². The monoisotopic (exact) mass is 228 g/mol. The fourth-order valence-electron chi connectivity index (χ4n) is 3.20. The van der Waals surface area contributed by atoms with Crippen LogP contribution in [0.15, 0.2) is 24.3 Å². The predicted molar refractivity (Wildman–Crippen MR) is 63.2 cm³/mol. The lowest BCUT2D eigenvalue weighted by atomic mass is 9.64. The number of rotatable bonds is 1. The van der Waals surface area contributed by atoms with E-state index < -0.39 is 0 Å². The van der Waals surface area contributed by atoms with Crippen molar-refractivity contribution in [3.63, 3.8) is 0 Å². The third-order valence-electron chi connectivity index (χ3n) is 4.15. The van der Waals surface area contributed by atoms with E-state index >= 15 is 0 Å². The van der Waals surface area contributed by atoms with Gasteiger partial charge in [-0.25, -0.2) is 4.39 Å². The van der Waals surface area contributed by atoms with Gasteiger partial charge in [-0.15, -0.1) is 0 Å². The van der Waals surface area contributed by atoms with Crippen molar-refractivity contribution in [3.05, 3.63) is 41.3 Å². The number of hydrogen-bond donors (Lipinski definition) is 1. The van der Waals surface area contributed by atoms with Crippen LogP contribution in [0.4, 0.5) is 4.39 Å². The molecular weight excluding hydrogens is 215 g/mol. The van der Waals surface area contributed by atoms with Gasteiger partial charge in [0.2, 0.25) is 0 Å². The van der Waals surface area contributed by atoms with Crippen LogP contribution in [0.25, 0.3) is 11.3 Å². The van der Waals surface area contributed by atoms with Gasteiger partial charge < -0.3 is 0 Å². The normalized spacial score (nSPS) is 25.2. The smallest absolute Gasteiger partial charge is 0.123 e. The highest BCUT2D eigenvalue weighted by atomic mass is 19.1. The molecular formula is C14H13FN2. The van der Waals surface area contributed by atoms with Crippen LogP contribution in [-0.4, -0.2) is 10.2 Å². The summed E-state index contributed by atoms with van der Waals surface area (Å²) in [4.78, 5) is 0. The van der Waals surface area contributed by atoms with Crippen molar-refractivity contribution in [2.75, 3.05) is 0 Å². The van der Waals surface area contributed by atoms with Crippen LogP contribution in [-0.2, 0) is 6.42 Å². The highest BCUT2D eigenvalue weighted by molar-refractivity contribution is 5.65. The van der Waals surface area contributed by atoms with Gasteiger partial charge in [0.25, 0.3) is 0 Å². The van der Waals surface area contributed by atoms with Gasteiger partial charge in [-0.2, -0.15) is 5.10 Å². The summed E-state index contributed by atoms with van der Waals surface area (Å²) in [5, 5.41) is 7.61. The highest BCUT2D eigenvalue weighted by Crippen LogP contribution is 2.50. The Balaban J connectivity index is 1.82. The number of halogens is 1. The molecule has 1 heterocycles. The quantitative estimate of drug-likeness (QED) is 0.797. The van der Waals surface area contributed by atoms with E-state index in [4.69, 9.17) is 0 Å². The van der Waals surface area contributed by atoms with Crippen LogP contribution in [0.2, 0.25) is 0 Å². The zero-order valence-electron chi connectivity index (χ0n) is 9.41. The zero-order chi connectivity index (χ0) is 11.4. The minimum atomic E-state index is -0.194. The van der Waals surface area contributed by atoms with Gasteiger partial charge in [-0.1, -0.05) is 0 Å². The van der Waals surface area contributed by atoms with E-state index in [2.05, 4.69) is 10.2 Å². The molecule has 0 amide bonds. The molecule has 2 aromatic rings. The van der Waals surface area contributed by atoms with E-state index in [0.29, 0.717) is 5.92 Å². The van der Waals surface area contributed by atoms with Crippen LogP contribution in [0.5, 0.6) is 0 Å². The number of aromatic nitrogens is 2. The standard InChI is InChI=1S/C14H13FN2/c15-11-3-1-9(2-4-11)13-12-7-8-5-10(6-8)14(12)17-16-13/h1-4,8,10H,5-7H2,(H,16,17). The first kappa shape index (κ1) is 9.40. The topological polar surface area (TPSA) is 28.7 Å². The third kappa shape index (κ3) is 1.28. The fourth-order valence-corrected chi connectivity index (χ4v) is 3.20. The van der Waals surface area contributed by atoms with Crippen LogP contribution in [0.3, 0.4) is 0 Å². The molecule has 3 aliphatic carbocycles. The summed E-state index contributed by atoms with van der Waals surface area (Å²) in [6.45, 7) is 0. The van der Waals surface area contributed by atoms with Crippen molar-refractivity contribution in [2.24, 2.45) is 5.92 Å². The van der Waals surface area contributed by atoms with E-state index in [1.807, 2.05) is 12.1 Å². The van der Waals surface area contributed by atoms with Gasteiger partial charge in [0.1, 0.15) is 5.82 Å². The van der Waals surface area contributed by atoms with E-state index in [1.165, 1.54) is 36.2 Å². The maximum atomic E-state index is 12.9. The Morgan fingerprint density at radius 2 is 1.94 bits per heavy atom. The van der Waals surface area contributed by atoms with Crippen molar-refractivity contribution in [2.45, 2.75) is 25.2 Å². The summed E-state index contributed by atoms with van der Waals surface area (Å²) in [5.74, 6) is 1.36. The summed E-state index contributed by atoms with van der Waals surface area (Å²) in [6.07, 6.45) is 3.77. The first-order chi connectivity index (χ1) is 8.31. The Bertz CT molecular complexity index is 564. The molecule has 2 bridgehead atoms. The molecule has 3 aliphatic rings. The molecule has 1 aromatic carbocycles. The van der Waals surface area contributed by atoms with Crippen molar-refractivity contribution in [3.8, 4) is 11.3 Å². The van der Waals surface area contributed by atoms with Gasteiger partial charge in [0.15, 0.2) is 0 Å². The van der Waals surface area contributed by atoms with Crippen LogP contribution in [0, 0.1) is 11.7 Å². The van der Waals surface area contributed by atoms with E-state index in [1.54, 1.807) is 0 Å². The average Bonchev–Trinajstić information content (AvgIpc) is 2.73. The highest BCUT2D eigenvalue weighted by Gasteiger charge is 2.39. The Morgan fingerprint density at radius 1 is 1.18 bits per heavy atom. The molecule has 0 spiro atoms. The first-order valence-corrected chi connectivity index (χ1v) is 6.14. The Kier molecular flexibility index (Phi) is 1.76. The molecule has 0 saturated heterocycles. The zero-order valence-corrected chi connectivity index (χ0v) is 9.41. The average molecular weight is 228 g/mol. The Hall–Kier alpha value is -1.64. The molecule has 0 aliphatic heterocycles. The second-order valence-corrected chi connectivity index (χ2v) is 5.21. The van der Waals surface area contributed by atoms with Crippen molar-refractivity contribution >= 4 is 0 Å². The molecule has 1 N–H and O–H groups in total. The summed E-state index contributed by atoms with van der Waals surface area (Å²) >= 11 is 0. The summed E-state index contributed by atoms with van der Waals surface area (Å²) in [6, 6.07) is 6.62. The van der Waals surface area contributed by atoms with Crippen LogP contribution in [0.1, 0.15) is 30.0 Å².